The standard InChI is InChI=1S/C14H17N3S2/c1-2-3-8-19-14-16-11-7-6-10(15-13(11)17-14)12-5-4-9-18-12/h4-7,9,14,16H,2-3,8H2,1H3,(H,15,17). The number of hydrogen-bond acceptors (Lipinski definition) is 5. The second-order valence-corrected chi connectivity index (χ2v) is 6.62. The molecule has 0 spiro atoms. The Kier molecular flexibility index (Phi) is 3.94. The van der Waals surface area contributed by atoms with Crippen LogP contribution >= 0.6 is 23.1 Å². The highest BCUT2D eigenvalue weighted by atomic mass is 32.2. The van der Waals surface area contributed by atoms with E-state index < -0.39 is 0 Å². The van der Waals surface area contributed by atoms with Gasteiger partial charge in [-0.3, -0.25) is 0 Å². The Balaban J connectivity index is 1.70. The van der Waals surface area contributed by atoms with Crippen LogP contribution in [0.1, 0.15) is 19.8 Å². The van der Waals surface area contributed by atoms with E-state index >= 15 is 0 Å². The smallest absolute Gasteiger partial charge is 0.152 e. The van der Waals surface area contributed by atoms with Crippen LogP contribution in [0.2, 0.25) is 0 Å². The highest BCUT2D eigenvalue weighted by Gasteiger charge is 2.21. The van der Waals surface area contributed by atoms with Crippen LogP contribution in [0.4, 0.5) is 11.5 Å². The van der Waals surface area contributed by atoms with Crippen molar-refractivity contribution in [1.82, 2.24) is 4.98 Å². The molecular weight excluding hydrogens is 274 g/mol. The summed E-state index contributed by atoms with van der Waals surface area (Å²) in [7, 11) is 0. The molecule has 0 aliphatic carbocycles. The van der Waals surface area contributed by atoms with Crippen LogP contribution in [0.25, 0.3) is 10.6 Å². The molecule has 3 heterocycles. The van der Waals surface area contributed by atoms with Crippen LogP contribution < -0.4 is 10.6 Å². The molecule has 5 heteroatoms. The summed E-state index contributed by atoms with van der Waals surface area (Å²) in [5.41, 5.74) is 2.41. The molecule has 0 radical (unpaired) electrons. The first-order chi connectivity index (χ1) is 9.36. The fraction of sp³-hybridized carbons (Fsp3) is 0.357. The van der Waals surface area contributed by atoms with E-state index in [1.165, 1.54) is 23.5 Å². The van der Waals surface area contributed by atoms with E-state index in [1.807, 2.05) is 11.8 Å². The lowest BCUT2D eigenvalue weighted by Crippen LogP contribution is -2.18. The summed E-state index contributed by atoms with van der Waals surface area (Å²) in [5, 5.41) is 8.98. The summed E-state index contributed by atoms with van der Waals surface area (Å²) < 4.78 is 0. The number of nitrogens with zero attached hydrogens (tertiary/aromatic N) is 1. The molecular formula is C14H17N3S2. The maximum atomic E-state index is 4.70. The van der Waals surface area contributed by atoms with Gasteiger partial charge in [-0.25, -0.2) is 4.98 Å². The first kappa shape index (κ1) is 12.8. The lowest BCUT2D eigenvalue weighted by atomic mass is 10.3. The number of pyridine rings is 1. The van der Waals surface area contributed by atoms with Gasteiger partial charge in [-0.15, -0.1) is 23.1 Å². The molecule has 0 saturated carbocycles. The van der Waals surface area contributed by atoms with Crippen molar-refractivity contribution in [3.63, 3.8) is 0 Å². The number of fused-ring (bicyclic) bond motifs is 1. The van der Waals surface area contributed by atoms with Gasteiger partial charge in [0.15, 0.2) is 5.82 Å². The summed E-state index contributed by atoms with van der Waals surface area (Å²) in [6, 6.07) is 8.36. The van der Waals surface area contributed by atoms with Crippen molar-refractivity contribution in [2.45, 2.75) is 25.3 Å². The van der Waals surface area contributed by atoms with Crippen LogP contribution in [0, 0.1) is 0 Å². The number of nitrogens with one attached hydrogen (secondary N) is 2. The Hall–Kier alpha value is -1.20. The predicted octanol–water partition coefficient (Wildman–Crippen LogP) is 4.46. The van der Waals surface area contributed by atoms with Crippen molar-refractivity contribution < 1.29 is 0 Å². The minimum Gasteiger partial charge on any atom is -0.354 e. The summed E-state index contributed by atoms with van der Waals surface area (Å²) in [6.07, 6.45) is 2.50. The van der Waals surface area contributed by atoms with Gasteiger partial charge in [0.05, 0.1) is 16.3 Å². The maximum Gasteiger partial charge on any atom is 0.152 e. The van der Waals surface area contributed by atoms with Gasteiger partial charge in [-0.05, 0) is 35.8 Å². The van der Waals surface area contributed by atoms with Gasteiger partial charge < -0.3 is 10.6 Å². The fourth-order valence-electron chi connectivity index (χ4n) is 1.98. The van der Waals surface area contributed by atoms with Crippen LogP contribution in [-0.2, 0) is 0 Å². The first-order valence-electron chi connectivity index (χ1n) is 6.56. The highest BCUT2D eigenvalue weighted by Crippen LogP contribution is 2.34. The summed E-state index contributed by atoms with van der Waals surface area (Å²) in [4.78, 5) is 5.91. The van der Waals surface area contributed by atoms with Crippen molar-refractivity contribution in [2.75, 3.05) is 16.4 Å². The highest BCUT2D eigenvalue weighted by molar-refractivity contribution is 8.00. The van der Waals surface area contributed by atoms with Gasteiger partial charge in [0.25, 0.3) is 0 Å². The van der Waals surface area contributed by atoms with Crippen molar-refractivity contribution in [3.8, 4) is 10.6 Å². The third-order valence-electron chi connectivity index (χ3n) is 3.01. The topological polar surface area (TPSA) is 37.0 Å². The quantitative estimate of drug-likeness (QED) is 0.797. The zero-order valence-corrected chi connectivity index (χ0v) is 12.5. The van der Waals surface area contributed by atoms with Gasteiger partial charge in [0, 0.05) is 0 Å². The lowest BCUT2D eigenvalue weighted by molar-refractivity contribution is 0.894. The summed E-state index contributed by atoms with van der Waals surface area (Å²) in [6.45, 7) is 2.22. The Labute approximate surface area is 121 Å². The molecule has 1 unspecified atom stereocenters. The largest absolute Gasteiger partial charge is 0.354 e. The lowest BCUT2D eigenvalue weighted by Gasteiger charge is -2.10. The number of thiophene rings is 1. The van der Waals surface area contributed by atoms with Gasteiger partial charge in [-0.2, -0.15) is 0 Å². The first-order valence-corrected chi connectivity index (χ1v) is 8.49. The zero-order chi connectivity index (χ0) is 13.1. The monoisotopic (exact) mass is 291 g/mol. The molecule has 0 saturated heterocycles. The molecule has 0 aromatic carbocycles. The number of thioether (sulfide) groups is 1. The second kappa shape index (κ2) is 5.84. The molecule has 1 atom stereocenters. The van der Waals surface area contributed by atoms with Crippen LogP contribution in [0.5, 0.6) is 0 Å². The van der Waals surface area contributed by atoms with E-state index in [9.17, 15) is 0 Å². The van der Waals surface area contributed by atoms with Crippen molar-refractivity contribution in [3.05, 3.63) is 29.6 Å². The van der Waals surface area contributed by atoms with Gasteiger partial charge >= 0.3 is 0 Å². The number of rotatable bonds is 5. The maximum absolute atomic E-state index is 4.70. The average molecular weight is 291 g/mol. The molecule has 100 valence electrons. The van der Waals surface area contributed by atoms with E-state index in [1.54, 1.807) is 11.3 Å². The molecule has 3 rings (SSSR count). The molecule has 2 N–H and O–H groups in total. The predicted molar refractivity (Wildman–Crippen MR) is 85.9 cm³/mol. The van der Waals surface area contributed by atoms with Gasteiger partial charge in [-0.1, -0.05) is 19.4 Å². The molecule has 19 heavy (non-hydrogen) atoms. The molecule has 1 aliphatic heterocycles. The van der Waals surface area contributed by atoms with Crippen LogP contribution in [0.3, 0.4) is 0 Å². The Morgan fingerprint density at radius 2 is 2.26 bits per heavy atom. The van der Waals surface area contributed by atoms with Crippen LogP contribution in [0.15, 0.2) is 29.6 Å². The Morgan fingerprint density at radius 3 is 3.05 bits per heavy atom. The van der Waals surface area contributed by atoms with Crippen molar-refractivity contribution >= 4 is 34.6 Å². The molecule has 2 aromatic heterocycles. The van der Waals surface area contributed by atoms with E-state index in [4.69, 9.17) is 4.98 Å². The van der Waals surface area contributed by atoms with Crippen molar-refractivity contribution in [1.29, 1.82) is 0 Å². The third-order valence-corrected chi connectivity index (χ3v) is 4.99. The Bertz CT molecular complexity index is 540. The minimum absolute atomic E-state index is 0.257. The molecule has 3 nitrogen and oxygen atoms in total. The molecule has 0 fully saturated rings. The van der Waals surface area contributed by atoms with E-state index in [2.05, 4.69) is 47.2 Å². The van der Waals surface area contributed by atoms with Gasteiger partial charge in [0.2, 0.25) is 0 Å². The number of hydrogen-bond donors (Lipinski definition) is 2. The SMILES string of the molecule is CCCCSC1Nc2ccc(-c3cccs3)nc2N1. The average Bonchev–Trinajstić information content (AvgIpc) is 3.07. The third kappa shape index (κ3) is 2.87. The normalized spacial score (nSPS) is 16.8. The molecule has 0 bridgehead atoms. The molecule has 1 aliphatic rings. The number of aromatic nitrogens is 1. The summed E-state index contributed by atoms with van der Waals surface area (Å²) in [5.74, 6) is 2.15. The van der Waals surface area contributed by atoms with Crippen molar-refractivity contribution in [2.24, 2.45) is 0 Å². The van der Waals surface area contributed by atoms with E-state index in [0.29, 0.717) is 0 Å². The molecule has 0 amide bonds. The summed E-state index contributed by atoms with van der Waals surface area (Å²) >= 11 is 3.63. The van der Waals surface area contributed by atoms with E-state index in [0.717, 1.165) is 17.2 Å². The second-order valence-electron chi connectivity index (χ2n) is 4.46. The van der Waals surface area contributed by atoms with E-state index in [-0.39, 0.29) is 5.50 Å². The van der Waals surface area contributed by atoms with Crippen LogP contribution in [-0.4, -0.2) is 16.2 Å². The number of anilines is 2. The molecule has 2 aromatic rings. The minimum atomic E-state index is 0.257. The Morgan fingerprint density at radius 1 is 1.32 bits per heavy atom. The fourth-order valence-corrected chi connectivity index (χ4v) is 3.77. The number of unbranched alkanes of at least 4 members (excludes halogenated alkanes) is 1. The van der Waals surface area contributed by atoms with Gasteiger partial charge in [0.1, 0.15) is 5.50 Å². The zero-order valence-electron chi connectivity index (χ0n) is 10.8.